The van der Waals surface area contributed by atoms with Crippen molar-refractivity contribution in [2.45, 2.75) is 13.1 Å². The molecule has 2 heterocycles. The van der Waals surface area contributed by atoms with E-state index in [0.717, 1.165) is 37.6 Å². The summed E-state index contributed by atoms with van der Waals surface area (Å²) < 4.78 is 5.79. The van der Waals surface area contributed by atoms with Crippen molar-refractivity contribution in [2.24, 2.45) is 0 Å². The molecule has 21 heavy (non-hydrogen) atoms. The fourth-order valence-corrected chi connectivity index (χ4v) is 3.26. The summed E-state index contributed by atoms with van der Waals surface area (Å²) in [7, 11) is 0. The Morgan fingerprint density at radius 1 is 1.33 bits per heavy atom. The van der Waals surface area contributed by atoms with Crippen LogP contribution in [-0.4, -0.2) is 29.8 Å². The first-order valence-electron chi connectivity index (χ1n) is 6.95. The van der Waals surface area contributed by atoms with Gasteiger partial charge in [-0.25, -0.2) is 0 Å². The van der Waals surface area contributed by atoms with E-state index in [4.69, 9.17) is 9.84 Å². The standard InChI is InChI=1S/C17H17NO2S/c19-8-3-4-14-10-16(21-13-14)12-18-7-9-20-17-6-2-1-5-15(17)11-18/h1-2,5-6,10,13,19H,7-9,11-12H2. The van der Waals surface area contributed by atoms with Gasteiger partial charge in [0, 0.05) is 41.0 Å². The molecule has 4 heteroatoms. The van der Waals surface area contributed by atoms with Gasteiger partial charge in [-0.2, -0.15) is 0 Å². The van der Waals surface area contributed by atoms with E-state index < -0.39 is 0 Å². The summed E-state index contributed by atoms with van der Waals surface area (Å²) in [5.41, 5.74) is 2.22. The first-order valence-corrected chi connectivity index (χ1v) is 7.83. The van der Waals surface area contributed by atoms with Gasteiger partial charge in [-0.05, 0) is 12.1 Å². The molecule has 1 N–H and O–H groups in total. The lowest BCUT2D eigenvalue weighted by atomic mass is 10.2. The number of fused-ring (bicyclic) bond motifs is 1. The van der Waals surface area contributed by atoms with E-state index >= 15 is 0 Å². The van der Waals surface area contributed by atoms with E-state index in [9.17, 15) is 0 Å². The maximum Gasteiger partial charge on any atom is 0.123 e. The van der Waals surface area contributed by atoms with Crippen LogP contribution in [-0.2, 0) is 13.1 Å². The van der Waals surface area contributed by atoms with Crippen LogP contribution in [0.25, 0.3) is 0 Å². The average Bonchev–Trinajstić information content (AvgIpc) is 2.83. The molecule has 0 fully saturated rings. The molecule has 0 radical (unpaired) electrons. The smallest absolute Gasteiger partial charge is 0.123 e. The Morgan fingerprint density at radius 2 is 2.24 bits per heavy atom. The Morgan fingerprint density at radius 3 is 3.14 bits per heavy atom. The first kappa shape index (κ1) is 14.2. The Kier molecular flexibility index (Phi) is 4.56. The number of aliphatic hydroxyl groups excluding tert-OH is 1. The van der Waals surface area contributed by atoms with Crippen LogP contribution in [0.15, 0.2) is 35.7 Å². The van der Waals surface area contributed by atoms with E-state index in [1.807, 2.05) is 17.5 Å². The third-order valence-corrected chi connectivity index (χ3v) is 4.30. The number of para-hydroxylation sites is 1. The van der Waals surface area contributed by atoms with Gasteiger partial charge in [0.25, 0.3) is 0 Å². The van der Waals surface area contributed by atoms with Crippen molar-refractivity contribution >= 4 is 11.3 Å². The molecule has 0 atom stereocenters. The molecule has 1 aromatic heterocycles. The fraction of sp³-hybridized carbons (Fsp3) is 0.294. The molecular weight excluding hydrogens is 282 g/mol. The monoisotopic (exact) mass is 299 g/mol. The Hall–Kier alpha value is -1.80. The second kappa shape index (κ2) is 6.77. The average molecular weight is 299 g/mol. The zero-order valence-electron chi connectivity index (χ0n) is 11.7. The Bertz CT molecular complexity index is 669. The summed E-state index contributed by atoms with van der Waals surface area (Å²) in [5.74, 6) is 6.63. The molecule has 1 aromatic carbocycles. The van der Waals surface area contributed by atoms with Crippen LogP contribution in [0.5, 0.6) is 5.75 Å². The lowest BCUT2D eigenvalue weighted by molar-refractivity contribution is 0.221. The van der Waals surface area contributed by atoms with Crippen LogP contribution < -0.4 is 4.74 Å². The van der Waals surface area contributed by atoms with Crippen molar-refractivity contribution in [3.63, 3.8) is 0 Å². The number of rotatable bonds is 2. The van der Waals surface area contributed by atoms with Gasteiger partial charge in [-0.3, -0.25) is 4.90 Å². The quantitative estimate of drug-likeness (QED) is 0.865. The molecule has 2 aromatic rings. The minimum absolute atomic E-state index is 0.0918. The highest BCUT2D eigenvalue weighted by atomic mass is 32.1. The summed E-state index contributed by atoms with van der Waals surface area (Å²) >= 11 is 1.72. The summed E-state index contributed by atoms with van der Waals surface area (Å²) in [6.07, 6.45) is 0. The highest BCUT2D eigenvalue weighted by Crippen LogP contribution is 2.24. The second-order valence-electron chi connectivity index (χ2n) is 4.93. The van der Waals surface area contributed by atoms with Crippen molar-refractivity contribution in [1.29, 1.82) is 0 Å². The van der Waals surface area contributed by atoms with Gasteiger partial charge in [0.05, 0.1) is 0 Å². The Labute approximate surface area is 128 Å². The fourth-order valence-electron chi connectivity index (χ4n) is 2.41. The van der Waals surface area contributed by atoms with Crippen molar-refractivity contribution in [3.8, 4) is 17.6 Å². The van der Waals surface area contributed by atoms with Crippen LogP contribution in [0.3, 0.4) is 0 Å². The molecule has 3 rings (SSSR count). The molecule has 3 nitrogen and oxygen atoms in total. The molecule has 0 amide bonds. The summed E-state index contributed by atoms with van der Waals surface area (Å²) in [6.45, 7) is 3.37. The summed E-state index contributed by atoms with van der Waals surface area (Å²) in [6, 6.07) is 10.3. The van der Waals surface area contributed by atoms with Crippen LogP contribution in [0.1, 0.15) is 16.0 Å². The molecule has 0 aliphatic carbocycles. The molecule has 0 saturated heterocycles. The minimum atomic E-state index is -0.0918. The van der Waals surface area contributed by atoms with Gasteiger partial charge in [0.2, 0.25) is 0 Å². The predicted molar refractivity (Wildman–Crippen MR) is 84.3 cm³/mol. The lowest BCUT2D eigenvalue weighted by Crippen LogP contribution is -2.24. The molecule has 1 aliphatic rings. The molecule has 0 unspecified atom stereocenters. The molecular formula is C17H17NO2S. The summed E-state index contributed by atoms with van der Waals surface area (Å²) in [5, 5.41) is 10.8. The van der Waals surface area contributed by atoms with Crippen LogP contribution in [0, 0.1) is 11.8 Å². The number of ether oxygens (including phenoxy) is 1. The number of nitrogens with zero attached hydrogens (tertiary/aromatic N) is 1. The highest BCUT2D eigenvalue weighted by Gasteiger charge is 2.15. The number of aliphatic hydroxyl groups is 1. The zero-order valence-corrected chi connectivity index (χ0v) is 12.5. The van der Waals surface area contributed by atoms with Gasteiger partial charge in [0.15, 0.2) is 0 Å². The van der Waals surface area contributed by atoms with Gasteiger partial charge in [-0.1, -0.05) is 30.0 Å². The molecule has 0 bridgehead atoms. The van der Waals surface area contributed by atoms with E-state index in [2.05, 4.69) is 34.9 Å². The van der Waals surface area contributed by atoms with E-state index in [1.54, 1.807) is 11.3 Å². The van der Waals surface area contributed by atoms with E-state index in [1.165, 1.54) is 10.4 Å². The van der Waals surface area contributed by atoms with Crippen molar-refractivity contribution in [3.05, 3.63) is 51.7 Å². The van der Waals surface area contributed by atoms with E-state index in [-0.39, 0.29) is 6.61 Å². The highest BCUT2D eigenvalue weighted by molar-refractivity contribution is 7.10. The van der Waals surface area contributed by atoms with Crippen LogP contribution in [0.2, 0.25) is 0 Å². The van der Waals surface area contributed by atoms with E-state index in [0.29, 0.717) is 0 Å². The van der Waals surface area contributed by atoms with Gasteiger partial charge in [-0.15, -0.1) is 11.3 Å². The number of hydrogen-bond acceptors (Lipinski definition) is 4. The third kappa shape index (κ3) is 3.64. The van der Waals surface area contributed by atoms with Gasteiger partial charge >= 0.3 is 0 Å². The normalized spacial score (nSPS) is 14.5. The minimum Gasteiger partial charge on any atom is -0.492 e. The van der Waals surface area contributed by atoms with Crippen molar-refractivity contribution in [2.75, 3.05) is 19.8 Å². The molecule has 0 saturated carbocycles. The second-order valence-corrected chi connectivity index (χ2v) is 5.92. The maximum absolute atomic E-state index is 8.73. The van der Waals surface area contributed by atoms with Gasteiger partial charge in [0.1, 0.15) is 19.0 Å². The van der Waals surface area contributed by atoms with Gasteiger partial charge < -0.3 is 9.84 Å². The lowest BCUT2D eigenvalue weighted by Gasteiger charge is -2.18. The molecule has 0 spiro atoms. The SMILES string of the molecule is OCC#Cc1csc(CN2CCOc3ccccc3C2)c1. The van der Waals surface area contributed by atoms with Crippen LogP contribution in [0.4, 0.5) is 0 Å². The number of thiophene rings is 1. The predicted octanol–water partition coefficient (Wildman–Crippen LogP) is 2.49. The van der Waals surface area contributed by atoms with Crippen molar-refractivity contribution < 1.29 is 9.84 Å². The summed E-state index contributed by atoms with van der Waals surface area (Å²) in [4.78, 5) is 3.68. The largest absolute Gasteiger partial charge is 0.492 e. The third-order valence-electron chi connectivity index (χ3n) is 3.38. The molecule has 1 aliphatic heterocycles. The molecule has 108 valence electrons. The topological polar surface area (TPSA) is 32.7 Å². The number of hydrogen-bond donors (Lipinski definition) is 1. The maximum atomic E-state index is 8.73. The van der Waals surface area contributed by atoms with Crippen molar-refractivity contribution in [1.82, 2.24) is 4.90 Å². The number of benzene rings is 1. The first-order chi connectivity index (χ1) is 10.3. The van der Waals surface area contributed by atoms with Crippen LogP contribution >= 0.6 is 11.3 Å². The Balaban J connectivity index is 1.69. The zero-order chi connectivity index (χ0) is 14.5.